The molecule has 1 nitrogen and oxygen atoms in total. The molecule has 1 rings (SSSR count). The van der Waals surface area contributed by atoms with E-state index in [2.05, 4.69) is 11.6 Å². The van der Waals surface area contributed by atoms with Crippen LogP contribution in [0.3, 0.4) is 0 Å². The largest absolute Gasteiger partial charge is 0.384 e. The van der Waals surface area contributed by atoms with Crippen molar-refractivity contribution in [3.05, 3.63) is 33.8 Å². The molecular weight excluding hydrogens is 245 g/mol. The number of hydrogen-bond donors (Lipinski definition) is 0. The van der Waals surface area contributed by atoms with Gasteiger partial charge in [-0.2, -0.15) is 8.78 Å². The van der Waals surface area contributed by atoms with Crippen molar-refractivity contribution in [3.8, 4) is 0 Å². The summed E-state index contributed by atoms with van der Waals surface area (Å²) >= 11 is 10.5. The molecule has 0 fully saturated rings. The molecule has 0 unspecified atom stereocenters. The summed E-state index contributed by atoms with van der Waals surface area (Å²) in [6.07, 6.45) is 0. The molecule has 0 heterocycles. The number of benzene rings is 1. The van der Waals surface area contributed by atoms with Crippen LogP contribution in [-0.2, 0) is 0 Å². The van der Waals surface area contributed by atoms with Gasteiger partial charge < -0.3 is 0 Å². The standard InChI is InChI=1S/C10H8Cl2F2O/c1-5-3-7(4-6(2)8(5)11)9(15)10(12,13)14/h3-4H,1-2H3. The van der Waals surface area contributed by atoms with Crippen LogP contribution in [0.4, 0.5) is 8.78 Å². The summed E-state index contributed by atoms with van der Waals surface area (Å²) in [5.74, 6) is -1.41. The first kappa shape index (κ1) is 12.4. The zero-order valence-corrected chi connectivity index (χ0v) is 9.59. The monoisotopic (exact) mass is 252 g/mol. The number of halogens is 4. The van der Waals surface area contributed by atoms with Gasteiger partial charge >= 0.3 is 5.38 Å². The Morgan fingerprint density at radius 3 is 2.00 bits per heavy atom. The minimum atomic E-state index is -3.87. The Hall–Kier alpha value is -0.670. The molecule has 0 radical (unpaired) electrons. The SMILES string of the molecule is Cc1cc(C(=O)C(F)(F)Cl)cc(C)c1Cl. The van der Waals surface area contributed by atoms with Crippen molar-refractivity contribution in [3.63, 3.8) is 0 Å². The summed E-state index contributed by atoms with van der Waals surface area (Å²) in [5.41, 5.74) is 1.01. The van der Waals surface area contributed by atoms with Crippen LogP contribution in [0.25, 0.3) is 0 Å². The van der Waals surface area contributed by atoms with Gasteiger partial charge in [0.1, 0.15) is 0 Å². The molecule has 1 aromatic carbocycles. The van der Waals surface area contributed by atoms with E-state index in [4.69, 9.17) is 11.6 Å². The minimum absolute atomic E-state index is 0.130. The van der Waals surface area contributed by atoms with Crippen LogP contribution >= 0.6 is 23.2 Å². The molecule has 5 heteroatoms. The number of rotatable bonds is 2. The molecule has 0 amide bonds. The van der Waals surface area contributed by atoms with Gasteiger partial charge in [-0.15, -0.1) is 0 Å². The van der Waals surface area contributed by atoms with Crippen LogP contribution < -0.4 is 0 Å². The smallest absolute Gasteiger partial charge is 0.286 e. The summed E-state index contributed by atoms with van der Waals surface area (Å²) in [4.78, 5) is 11.2. The van der Waals surface area contributed by atoms with E-state index in [1.807, 2.05) is 0 Å². The van der Waals surface area contributed by atoms with Gasteiger partial charge in [0.05, 0.1) is 0 Å². The van der Waals surface area contributed by atoms with Gasteiger partial charge in [-0.1, -0.05) is 11.6 Å². The van der Waals surface area contributed by atoms with Crippen LogP contribution in [0.15, 0.2) is 12.1 Å². The van der Waals surface area contributed by atoms with E-state index in [9.17, 15) is 13.6 Å². The third-order valence-corrected chi connectivity index (χ3v) is 2.72. The van der Waals surface area contributed by atoms with E-state index >= 15 is 0 Å². The first-order chi connectivity index (χ1) is 6.73. The fourth-order valence-electron chi connectivity index (χ4n) is 1.24. The van der Waals surface area contributed by atoms with Crippen LogP contribution in [-0.4, -0.2) is 11.2 Å². The Bertz CT molecular complexity index is 387. The van der Waals surface area contributed by atoms with Gasteiger partial charge in [0.15, 0.2) is 0 Å². The van der Waals surface area contributed by atoms with Gasteiger partial charge in [0.25, 0.3) is 0 Å². The maximum absolute atomic E-state index is 12.5. The summed E-state index contributed by atoms with van der Waals surface area (Å²) in [6.45, 7) is 3.27. The van der Waals surface area contributed by atoms with E-state index in [-0.39, 0.29) is 5.56 Å². The predicted octanol–water partition coefficient (Wildman–Crippen LogP) is 3.97. The Morgan fingerprint density at radius 2 is 1.67 bits per heavy atom. The fraction of sp³-hybridized carbons (Fsp3) is 0.300. The van der Waals surface area contributed by atoms with Gasteiger partial charge in [-0.3, -0.25) is 4.79 Å². The molecule has 0 aliphatic rings. The van der Waals surface area contributed by atoms with Crippen LogP contribution in [0.1, 0.15) is 21.5 Å². The predicted molar refractivity (Wildman–Crippen MR) is 56.1 cm³/mol. The number of ketones is 1. The van der Waals surface area contributed by atoms with Crippen molar-refractivity contribution in [1.29, 1.82) is 0 Å². The molecule has 15 heavy (non-hydrogen) atoms. The lowest BCUT2D eigenvalue weighted by Crippen LogP contribution is -2.21. The highest BCUT2D eigenvalue weighted by molar-refractivity contribution is 6.35. The molecule has 0 aliphatic carbocycles. The zero-order chi connectivity index (χ0) is 11.8. The average Bonchev–Trinajstić information content (AvgIpc) is 2.10. The average molecular weight is 253 g/mol. The first-order valence-electron chi connectivity index (χ1n) is 4.11. The molecule has 0 aromatic heterocycles. The number of alkyl halides is 3. The van der Waals surface area contributed by atoms with E-state index in [1.165, 1.54) is 12.1 Å². The molecular formula is C10H8Cl2F2O. The number of aryl methyl sites for hydroxylation is 2. The van der Waals surface area contributed by atoms with Gasteiger partial charge in [-0.25, -0.2) is 0 Å². The molecule has 0 N–H and O–H groups in total. The van der Waals surface area contributed by atoms with Crippen molar-refractivity contribution < 1.29 is 13.6 Å². The van der Waals surface area contributed by atoms with Crippen molar-refractivity contribution in [2.45, 2.75) is 19.2 Å². The highest BCUT2D eigenvalue weighted by Gasteiger charge is 2.36. The van der Waals surface area contributed by atoms with Crippen LogP contribution in [0.5, 0.6) is 0 Å². The second-order valence-electron chi connectivity index (χ2n) is 3.25. The fourth-order valence-corrected chi connectivity index (χ4v) is 1.46. The Morgan fingerprint density at radius 1 is 1.27 bits per heavy atom. The highest BCUT2D eigenvalue weighted by atomic mass is 35.5. The van der Waals surface area contributed by atoms with Gasteiger partial charge in [0, 0.05) is 10.6 Å². The molecule has 0 saturated heterocycles. The van der Waals surface area contributed by atoms with Crippen molar-refractivity contribution in [2.75, 3.05) is 0 Å². The van der Waals surface area contributed by atoms with Crippen LogP contribution in [0, 0.1) is 13.8 Å². The third-order valence-electron chi connectivity index (χ3n) is 1.96. The molecule has 0 saturated carbocycles. The maximum Gasteiger partial charge on any atom is 0.384 e. The van der Waals surface area contributed by atoms with E-state index in [1.54, 1.807) is 13.8 Å². The topological polar surface area (TPSA) is 17.1 Å². The molecule has 82 valence electrons. The van der Waals surface area contributed by atoms with Crippen molar-refractivity contribution in [2.24, 2.45) is 0 Å². The number of carbonyl (C=O) groups excluding carboxylic acids is 1. The van der Waals surface area contributed by atoms with Crippen LogP contribution in [0.2, 0.25) is 5.02 Å². The lowest BCUT2D eigenvalue weighted by molar-refractivity contribution is 0.0536. The summed E-state index contributed by atoms with van der Waals surface area (Å²) in [5, 5.41) is -3.41. The van der Waals surface area contributed by atoms with E-state index in [0.717, 1.165) is 0 Å². The summed E-state index contributed by atoms with van der Waals surface area (Å²) < 4.78 is 25.1. The highest BCUT2D eigenvalue weighted by Crippen LogP contribution is 2.28. The lowest BCUT2D eigenvalue weighted by atomic mass is 10.0. The minimum Gasteiger partial charge on any atom is -0.286 e. The molecule has 0 spiro atoms. The van der Waals surface area contributed by atoms with E-state index < -0.39 is 11.2 Å². The molecule has 0 atom stereocenters. The Kier molecular flexibility index (Phi) is 3.36. The van der Waals surface area contributed by atoms with Crippen molar-refractivity contribution in [1.82, 2.24) is 0 Å². The maximum atomic E-state index is 12.5. The Balaban J connectivity index is 3.24. The second-order valence-corrected chi connectivity index (χ2v) is 4.10. The normalized spacial score (nSPS) is 11.6. The van der Waals surface area contributed by atoms with Gasteiger partial charge in [0.2, 0.25) is 5.78 Å². The molecule has 0 bridgehead atoms. The quantitative estimate of drug-likeness (QED) is 0.575. The van der Waals surface area contributed by atoms with Crippen molar-refractivity contribution >= 4 is 29.0 Å². The third kappa shape index (κ3) is 2.67. The lowest BCUT2D eigenvalue weighted by Gasteiger charge is -2.09. The number of hydrogen-bond acceptors (Lipinski definition) is 1. The number of Topliss-reactive ketones (excluding diaryl/α,β-unsaturated/α-hetero) is 1. The molecule has 1 aromatic rings. The summed E-state index contributed by atoms with van der Waals surface area (Å²) in [6, 6.07) is 2.60. The Labute approximate surface area is 96.0 Å². The number of carbonyl (C=O) groups is 1. The second kappa shape index (κ2) is 4.06. The first-order valence-corrected chi connectivity index (χ1v) is 4.87. The summed E-state index contributed by atoms with van der Waals surface area (Å²) in [7, 11) is 0. The van der Waals surface area contributed by atoms with E-state index in [0.29, 0.717) is 16.1 Å². The molecule has 0 aliphatic heterocycles. The van der Waals surface area contributed by atoms with Gasteiger partial charge in [-0.05, 0) is 48.7 Å². The zero-order valence-electron chi connectivity index (χ0n) is 8.07.